The maximum atomic E-state index is 13.7. The van der Waals surface area contributed by atoms with Gasteiger partial charge in [-0.2, -0.15) is 0 Å². The summed E-state index contributed by atoms with van der Waals surface area (Å²) in [6.07, 6.45) is 3.10. The Morgan fingerprint density at radius 3 is 2.34 bits per heavy atom. The van der Waals surface area contributed by atoms with Crippen LogP contribution in [0.1, 0.15) is 35.8 Å². The second-order valence-corrected chi connectivity index (χ2v) is 8.09. The number of hydrogen-bond acceptors (Lipinski definition) is 7. The minimum atomic E-state index is -0.743. The van der Waals surface area contributed by atoms with Gasteiger partial charge in [0.2, 0.25) is 0 Å². The molecule has 2 aromatic heterocycles. The van der Waals surface area contributed by atoms with Gasteiger partial charge >= 0.3 is 6.03 Å². The van der Waals surface area contributed by atoms with Gasteiger partial charge in [-0.05, 0) is 56.3 Å². The zero-order valence-corrected chi connectivity index (χ0v) is 19.9. The van der Waals surface area contributed by atoms with Gasteiger partial charge in [0.25, 0.3) is 0 Å². The summed E-state index contributed by atoms with van der Waals surface area (Å²) in [4.78, 5) is 35.9. The van der Waals surface area contributed by atoms with Gasteiger partial charge in [-0.1, -0.05) is 0 Å². The van der Waals surface area contributed by atoms with Crippen LogP contribution in [0.4, 0.5) is 22.0 Å². The van der Waals surface area contributed by atoms with Gasteiger partial charge in [-0.25, -0.2) is 14.8 Å². The van der Waals surface area contributed by atoms with Crippen LogP contribution >= 0.6 is 0 Å². The molecule has 2 amide bonds. The number of nitrogens with zero attached hydrogens (tertiary/aromatic N) is 4. The minimum absolute atomic E-state index is 0.0419. The molecule has 0 unspecified atom stereocenters. The molecule has 0 aliphatic heterocycles. The van der Waals surface area contributed by atoms with E-state index in [0.717, 1.165) is 0 Å². The summed E-state index contributed by atoms with van der Waals surface area (Å²) >= 11 is 0. The molecule has 0 atom stereocenters. The predicted molar refractivity (Wildman–Crippen MR) is 133 cm³/mol. The SMILES string of the molecule is COc1ccc(N(C(N)=O)c2cc(C(=O)c3cn(C(C)C)c4ncnc(N)c34)ccc2OC)cc1. The normalized spacial score (nSPS) is 11.0. The van der Waals surface area contributed by atoms with Crippen molar-refractivity contribution >= 4 is 40.0 Å². The number of carbonyl (C=O) groups is 2. The predicted octanol–water partition coefficient (Wildman–Crippen LogP) is 4.06. The molecule has 4 N–H and O–H groups in total. The van der Waals surface area contributed by atoms with E-state index in [0.29, 0.717) is 45.0 Å². The van der Waals surface area contributed by atoms with Crippen LogP contribution in [0.5, 0.6) is 11.5 Å². The molecule has 0 bridgehead atoms. The van der Waals surface area contributed by atoms with E-state index in [9.17, 15) is 9.59 Å². The van der Waals surface area contributed by atoms with Crippen molar-refractivity contribution in [2.24, 2.45) is 5.73 Å². The molecule has 0 saturated heterocycles. The highest BCUT2D eigenvalue weighted by Crippen LogP contribution is 2.37. The molecule has 2 heterocycles. The lowest BCUT2D eigenvalue weighted by Crippen LogP contribution is -2.31. The first-order valence-corrected chi connectivity index (χ1v) is 10.8. The average molecular weight is 475 g/mol. The molecule has 180 valence electrons. The van der Waals surface area contributed by atoms with E-state index < -0.39 is 6.03 Å². The van der Waals surface area contributed by atoms with Gasteiger partial charge in [-0.15, -0.1) is 0 Å². The van der Waals surface area contributed by atoms with Crippen molar-refractivity contribution in [1.29, 1.82) is 0 Å². The van der Waals surface area contributed by atoms with Crippen LogP contribution in [-0.2, 0) is 0 Å². The summed E-state index contributed by atoms with van der Waals surface area (Å²) in [5, 5.41) is 0.477. The lowest BCUT2D eigenvalue weighted by molar-refractivity contribution is 0.104. The number of fused-ring (bicyclic) bond motifs is 1. The van der Waals surface area contributed by atoms with Crippen molar-refractivity contribution < 1.29 is 19.1 Å². The van der Waals surface area contributed by atoms with Crippen LogP contribution in [0.2, 0.25) is 0 Å². The Morgan fingerprint density at radius 1 is 1.03 bits per heavy atom. The molecule has 0 fully saturated rings. The number of hydrogen-bond donors (Lipinski definition) is 2. The molecule has 10 heteroatoms. The van der Waals surface area contributed by atoms with Crippen molar-refractivity contribution in [3.63, 3.8) is 0 Å². The van der Waals surface area contributed by atoms with E-state index in [2.05, 4.69) is 9.97 Å². The standard InChI is InChI=1S/C25H26N6O4/c1-14(2)30-12-18(21-23(26)28-13-29-24(21)30)22(32)15-5-10-20(35-4)19(11-15)31(25(27)33)16-6-8-17(34-3)9-7-16/h5-14H,1-4H3,(H2,27,33)(H2,26,28,29). The number of ketones is 1. The molecule has 4 aromatic rings. The molecule has 0 aliphatic rings. The first-order chi connectivity index (χ1) is 16.8. The monoisotopic (exact) mass is 474 g/mol. The lowest BCUT2D eigenvalue weighted by Gasteiger charge is -2.23. The number of methoxy groups -OCH3 is 2. The summed E-state index contributed by atoms with van der Waals surface area (Å²) < 4.78 is 12.5. The van der Waals surface area contributed by atoms with Gasteiger partial charge < -0.3 is 25.5 Å². The third-order valence-electron chi connectivity index (χ3n) is 5.67. The van der Waals surface area contributed by atoms with E-state index in [4.69, 9.17) is 20.9 Å². The number of carbonyl (C=O) groups excluding carboxylic acids is 2. The number of anilines is 3. The summed E-state index contributed by atoms with van der Waals surface area (Å²) in [6, 6.07) is 10.9. The summed E-state index contributed by atoms with van der Waals surface area (Å²) in [5.74, 6) is 0.890. The highest BCUT2D eigenvalue weighted by atomic mass is 16.5. The second kappa shape index (κ2) is 9.34. The molecule has 35 heavy (non-hydrogen) atoms. The Labute approximate surface area is 202 Å². The smallest absolute Gasteiger partial charge is 0.324 e. The number of primary amides is 1. The average Bonchev–Trinajstić information content (AvgIpc) is 3.25. The molecular formula is C25H26N6O4. The number of aromatic nitrogens is 3. The Kier molecular flexibility index (Phi) is 6.28. The lowest BCUT2D eigenvalue weighted by atomic mass is 10.0. The van der Waals surface area contributed by atoms with Gasteiger partial charge in [0.1, 0.15) is 29.3 Å². The molecule has 0 aliphatic carbocycles. The number of nitrogens with two attached hydrogens (primary N) is 2. The van der Waals surface area contributed by atoms with Crippen molar-refractivity contribution in [2.75, 3.05) is 24.9 Å². The largest absolute Gasteiger partial charge is 0.497 e. The summed E-state index contributed by atoms with van der Waals surface area (Å²) in [7, 11) is 3.02. The zero-order chi connectivity index (χ0) is 25.3. The molecule has 0 radical (unpaired) electrons. The molecule has 0 spiro atoms. The maximum Gasteiger partial charge on any atom is 0.324 e. The maximum absolute atomic E-state index is 13.7. The van der Waals surface area contributed by atoms with Gasteiger partial charge in [0, 0.05) is 17.8 Å². The zero-order valence-electron chi connectivity index (χ0n) is 19.9. The van der Waals surface area contributed by atoms with Gasteiger partial charge in [0.05, 0.1) is 36.5 Å². The number of nitrogen functional groups attached to an aromatic ring is 1. The molecule has 2 aromatic carbocycles. The van der Waals surface area contributed by atoms with E-state index in [1.807, 2.05) is 18.4 Å². The highest BCUT2D eigenvalue weighted by molar-refractivity contribution is 6.18. The van der Waals surface area contributed by atoms with Crippen molar-refractivity contribution in [3.05, 3.63) is 66.1 Å². The first kappa shape index (κ1) is 23.6. The number of ether oxygens (including phenoxy) is 2. The van der Waals surface area contributed by atoms with E-state index in [-0.39, 0.29) is 17.6 Å². The number of amides is 2. The number of benzene rings is 2. The Bertz CT molecular complexity index is 1410. The van der Waals surface area contributed by atoms with Crippen LogP contribution in [0.3, 0.4) is 0 Å². The molecular weight excluding hydrogens is 448 g/mol. The van der Waals surface area contributed by atoms with Crippen LogP contribution < -0.4 is 25.8 Å². The molecule has 0 saturated carbocycles. The third kappa shape index (κ3) is 4.21. The Morgan fingerprint density at radius 2 is 1.74 bits per heavy atom. The number of urea groups is 1. The van der Waals surface area contributed by atoms with Crippen LogP contribution in [0, 0.1) is 0 Å². The second-order valence-electron chi connectivity index (χ2n) is 8.09. The molecule has 4 rings (SSSR count). The fraction of sp³-hybridized carbons (Fsp3) is 0.200. The number of rotatable bonds is 7. The topological polar surface area (TPSA) is 139 Å². The first-order valence-electron chi connectivity index (χ1n) is 10.8. The van der Waals surface area contributed by atoms with Crippen molar-refractivity contribution in [3.8, 4) is 11.5 Å². The van der Waals surface area contributed by atoms with E-state index >= 15 is 0 Å². The third-order valence-corrected chi connectivity index (χ3v) is 5.67. The Hall–Kier alpha value is -4.60. The highest BCUT2D eigenvalue weighted by Gasteiger charge is 2.25. The van der Waals surface area contributed by atoms with Gasteiger partial charge in [-0.3, -0.25) is 9.69 Å². The minimum Gasteiger partial charge on any atom is -0.497 e. The van der Waals surface area contributed by atoms with Gasteiger partial charge in [0.15, 0.2) is 5.78 Å². The van der Waals surface area contributed by atoms with E-state index in [1.165, 1.54) is 18.3 Å². The summed E-state index contributed by atoms with van der Waals surface area (Å²) in [5.41, 5.74) is 13.9. The summed E-state index contributed by atoms with van der Waals surface area (Å²) in [6.45, 7) is 3.97. The Balaban J connectivity index is 1.86. The van der Waals surface area contributed by atoms with Crippen molar-refractivity contribution in [2.45, 2.75) is 19.9 Å². The van der Waals surface area contributed by atoms with Crippen LogP contribution in [0.15, 0.2) is 55.0 Å². The van der Waals surface area contributed by atoms with Crippen LogP contribution in [0.25, 0.3) is 11.0 Å². The quantitative estimate of drug-likeness (QED) is 0.385. The van der Waals surface area contributed by atoms with Crippen LogP contribution in [-0.4, -0.2) is 40.6 Å². The van der Waals surface area contributed by atoms with Crippen molar-refractivity contribution in [1.82, 2.24) is 14.5 Å². The molecule has 10 nitrogen and oxygen atoms in total. The fourth-order valence-corrected chi connectivity index (χ4v) is 3.95. The fourth-order valence-electron chi connectivity index (χ4n) is 3.95. The van der Waals surface area contributed by atoms with E-state index in [1.54, 1.807) is 55.8 Å².